The maximum absolute atomic E-state index is 14.5. The largest absolute Gasteiger partial charge is 0.386 e. The standard InChI is InChI=1S/C24H24FN9/c1-26-17-8-15(25)7-16-21-23(32-22(16)17)30-19(6-13-9-28-20-3-5-29-34(20)10-13)31-24(21)33-11-14-2-4-27-18(14)12-33/h3,5,7-10,14,18,26-27H,2,4,6,11-12H2,1H3,(H,30,31,32). The zero-order chi connectivity index (χ0) is 22.8. The number of nitrogens with one attached hydrogen (secondary N) is 3. The van der Waals surface area contributed by atoms with Crippen LogP contribution in [0.3, 0.4) is 0 Å². The summed E-state index contributed by atoms with van der Waals surface area (Å²) in [7, 11) is 1.80. The number of benzene rings is 1. The molecule has 7 rings (SSSR count). The summed E-state index contributed by atoms with van der Waals surface area (Å²) in [4.78, 5) is 20.2. The molecule has 2 atom stereocenters. The number of anilines is 2. The second kappa shape index (κ2) is 7.36. The molecule has 0 radical (unpaired) electrons. The van der Waals surface area contributed by atoms with Gasteiger partial charge in [-0.2, -0.15) is 5.10 Å². The van der Waals surface area contributed by atoms with Crippen LogP contribution in [0.2, 0.25) is 0 Å². The van der Waals surface area contributed by atoms with E-state index in [1.807, 2.05) is 18.5 Å². The van der Waals surface area contributed by atoms with Crippen LogP contribution in [0, 0.1) is 11.7 Å². The lowest BCUT2D eigenvalue weighted by molar-refractivity contribution is 0.556. The zero-order valence-corrected chi connectivity index (χ0v) is 18.7. The number of hydrogen-bond acceptors (Lipinski definition) is 7. The molecular formula is C24H24FN9. The van der Waals surface area contributed by atoms with Crippen LogP contribution in [0.25, 0.3) is 27.6 Å². The highest BCUT2D eigenvalue weighted by Crippen LogP contribution is 2.38. The minimum absolute atomic E-state index is 0.286. The van der Waals surface area contributed by atoms with Gasteiger partial charge in [0.2, 0.25) is 0 Å². The quantitative estimate of drug-likeness (QED) is 0.382. The Morgan fingerprint density at radius 2 is 2.18 bits per heavy atom. The van der Waals surface area contributed by atoms with E-state index >= 15 is 0 Å². The highest BCUT2D eigenvalue weighted by molar-refractivity contribution is 6.14. The Balaban J connectivity index is 1.40. The van der Waals surface area contributed by atoms with Crippen LogP contribution in [-0.4, -0.2) is 62.3 Å². The molecule has 10 heteroatoms. The summed E-state index contributed by atoms with van der Waals surface area (Å²) in [6, 6.07) is 5.41. The number of halogens is 1. The second-order valence-electron chi connectivity index (χ2n) is 9.23. The molecule has 4 aromatic heterocycles. The topological polar surface area (TPSA) is 99.1 Å². The third-order valence-corrected chi connectivity index (χ3v) is 7.15. The van der Waals surface area contributed by atoms with E-state index in [0.717, 1.165) is 58.6 Å². The molecule has 2 fully saturated rings. The molecule has 0 spiro atoms. The van der Waals surface area contributed by atoms with E-state index in [1.54, 1.807) is 23.8 Å². The number of rotatable bonds is 4. The van der Waals surface area contributed by atoms with Crippen molar-refractivity contribution in [1.29, 1.82) is 0 Å². The maximum atomic E-state index is 14.5. The van der Waals surface area contributed by atoms with Crippen molar-refractivity contribution in [3.63, 3.8) is 0 Å². The Morgan fingerprint density at radius 3 is 3.06 bits per heavy atom. The van der Waals surface area contributed by atoms with Gasteiger partial charge in [-0.25, -0.2) is 23.9 Å². The third kappa shape index (κ3) is 3.02. The number of fused-ring (bicyclic) bond motifs is 5. The first-order chi connectivity index (χ1) is 16.7. The first-order valence-corrected chi connectivity index (χ1v) is 11.6. The van der Waals surface area contributed by atoms with Crippen LogP contribution >= 0.6 is 0 Å². The van der Waals surface area contributed by atoms with E-state index in [9.17, 15) is 4.39 Å². The molecule has 2 saturated heterocycles. The van der Waals surface area contributed by atoms with Crippen molar-refractivity contribution in [3.8, 4) is 0 Å². The molecule has 2 aliphatic heterocycles. The highest BCUT2D eigenvalue weighted by atomic mass is 19.1. The average molecular weight is 458 g/mol. The van der Waals surface area contributed by atoms with Crippen molar-refractivity contribution in [2.45, 2.75) is 18.9 Å². The highest BCUT2D eigenvalue weighted by Gasteiger charge is 2.37. The van der Waals surface area contributed by atoms with Gasteiger partial charge < -0.3 is 20.5 Å². The molecule has 6 heterocycles. The van der Waals surface area contributed by atoms with Gasteiger partial charge in [0.1, 0.15) is 23.1 Å². The van der Waals surface area contributed by atoms with Gasteiger partial charge in [0, 0.05) is 56.4 Å². The number of aromatic nitrogens is 6. The van der Waals surface area contributed by atoms with Gasteiger partial charge in [0.15, 0.2) is 5.65 Å². The lowest BCUT2D eigenvalue weighted by atomic mass is 10.1. The summed E-state index contributed by atoms with van der Waals surface area (Å²) in [5.41, 5.74) is 4.03. The van der Waals surface area contributed by atoms with Gasteiger partial charge in [-0.1, -0.05) is 0 Å². The van der Waals surface area contributed by atoms with E-state index < -0.39 is 0 Å². The monoisotopic (exact) mass is 457 g/mol. The smallest absolute Gasteiger partial charge is 0.154 e. The molecule has 9 nitrogen and oxygen atoms in total. The number of H-pyrrole nitrogens is 1. The fourth-order valence-electron chi connectivity index (χ4n) is 5.54. The van der Waals surface area contributed by atoms with Crippen LogP contribution in [0.5, 0.6) is 0 Å². The number of hydrogen-bond donors (Lipinski definition) is 3. The van der Waals surface area contributed by atoms with Gasteiger partial charge in [0.05, 0.1) is 22.8 Å². The molecule has 2 aliphatic rings. The Labute approximate surface area is 194 Å². The summed E-state index contributed by atoms with van der Waals surface area (Å²) in [5, 5.41) is 12.7. The average Bonchev–Trinajstić information content (AvgIpc) is 3.60. The first kappa shape index (κ1) is 19.7. The molecule has 172 valence electrons. The second-order valence-corrected chi connectivity index (χ2v) is 9.23. The molecule has 0 aliphatic carbocycles. The lowest BCUT2D eigenvalue weighted by Crippen LogP contribution is -2.30. The van der Waals surface area contributed by atoms with Crippen LogP contribution in [-0.2, 0) is 6.42 Å². The van der Waals surface area contributed by atoms with Crippen LogP contribution in [0.4, 0.5) is 15.9 Å². The molecule has 5 aromatic rings. The van der Waals surface area contributed by atoms with E-state index in [0.29, 0.717) is 29.9 Å². The molecule has 1 aromatic carbocycles. The van der Waals surface area contributed by atoms with Crippen molar-refractivity contribution in [2.24, 2.45) is 5.92 Å². The third-order valence-electron chi connectivity index (χ3n) is 7.15. The number of aromatic amines is 1. The Kier molecular flexibility index (Phi) is 4.25. The van der Waals surface area contributed by atoms with Gasteiger partial charge in [-0.05, 0) is 36.6 Å². The van der Waals surface area contributed by atoms with Crippen molar-refractivity contribution in [2.75, 3.05) is 36.9 Å². The van der Waals surface area contributed by atoms with E-state index in [-0.39, 0.29) is 5.82 Å². The predicted octanol–water partition coefficient (Wildman–Crippen LogP) is 2.72. The molecule has 0 bridgehead atoms. The minimum atomic E-state index is -0.286. The molecule has 0 amide bonds. The maximum Gasteiger partial charge on any atom is 0.154 e. The molecule has 34 heavy (non-hydrogen) atoms. The molecule has 3 N–H and O–H groups in total. The van der Waals surface area contributed by atoms with Crippen LogP contribution in [0.15, 0.2) is 36.8 Å². The van der Waals surface area contributed by atoms with E-state index in [2.05, 4.69) is 30.6 Å². The minimum Gasteiger partial charge on any atom is -0.386 e. The van der Waals surface area contributed by atoms with Gasteiger partial charge >= 0.3 is 0 Å². The van der Waals surface area contributed by atoms with Crippen LogP contribution < -0.4 is 15.5 Å². The van der Waals surface area contributed by atoms with Crippen molar-refractivity contribution in [3.05, 3.63) is 54.0 Å². The Hall–Kier alpha value is -3.79. The van der Waals surface area contributed by atoms with Gasteiger partial charge in [-0.3, -0.25) is 0 Å². The van der Waals surface area contributed by atoms with Crippen LogP contribution in [0.1, 0.15) is 17.8 Å². The summed E-state index contributed by atoms with van der Waals surface area (Å²) in [6.07, 6.45) is 7.22. The number of nitrogens with zero attached hydrogens (tertiary/aromatic N) is 6. The lowest BCUT2D eigenvalue weighted by Gasteiger charge is -2.20. The molecule has 2 unspecified atom stereocenters. The van der Waals surface area contributed by atoms with Crippen molar-refractivity contribution in [1.82, 2.24) is 34.9 Å². The van der Waals surface area contributed by atoms with E-state index in [4.69, 9.17) is 9.97 Å². The predicted molar refractivity (Wildman–Crippen MR) is 129 cm³/mol. The normalized spacial score (nSPS) is 20.1. The summed E-state index contributed by atoms with van der Waals surface area (Å²) in [6.45, 7) is 2.89. The summed E-state index contributed by atoms with van der Waals surface area (Å²) >= 11 is 0. The van der Waals surface area contributed by atoms with Crippen molar-refractivity contribution < 1.29 is 4.39 Å². The van der Waals surface area contributed by atoms with E-state index in [1.165, 1.54) is 12.5 Å². The SMILES string of the molecule is CNc1cc(F)cc2c1[nH]c1nc(Cc3cnc4ccnn4c3)nc(N3CC4CCNC4C3)c12. The van der Waals surface area contributed by atoms with Gasteiger partial charge in [-0.15, -0.1) is 0 Å². The Bertz CT molecular complexity index is 1540. The fourth-order valence-corrected chi connectivity index (χ4v) is 5.54. The zero-order valence-electron chi connectivity index (χ0n) is 18.7. The fraction of sp³-hybridized carbons (Fsp3) is 0.333. The van der Waals surface area contributed by atoms with Crippen molar-refractivity contribution >= 4 is 39.1 Å². The summed E-state index contributed by atoms with van der Waals surface area (Å²) < 4.78 is 16.3. The first-order valence-electron chi connectivity index (χ1n) is 11.6. The summed E-state index contributed by atoms with van der Waals surface area (Å²) in [5.74, 6) is 1.88. The Morgan fingerprint density at radius 1 is 1.24 bits per heavy atom. The molecule has 0 saturated carbocycles. The molecular weight excluding hydrogens is 433 g/mol. The van der Waals surface area contributed by atoms with Gasteiger partial charge in [0.25, 0.3) is 0 Å².